The van der Waals surface area contributed by atoms with Gasteiger partial charge < -0.3 is 4.84 Å². The maximum Gasteiger partial charge on any atom is 0.435 e. The molecule has 0 radical (unpaired) electrons. The lowest BCUT2D eigenvalue weighted by atomic mass is 9.85. The van der Waals surface area contributed by atoms with Crippen LogP contribution in [0.15, 0.2) is 41.8 Å². The van der Waals surface area contributed by atoms with Crippen LogP contribution in [-0.2, 0) is 23.2 Å². The molecule has 1 aliphatic heterocycles. The van der Waals surface area contributed by atoms with Crippen LogP contribution in [-0.4, -0.2) is 38.7 Å². The topological polar surface area (TPSA) is 81.4 Å². The van der Waals surface area contributed by atoms with Gasteiger partial charge in [-0.2, -0.15) is 39.5 Å². The van der Waals surface area contributed by atoms with Gasteiger partial charge in [0, 0.05) is 11.1 Å². The van der Waals surface area contributed by atoms with E-state index in [4.69, 9.17) is 11.6 Å². The van der Waals surface area contributed by atoms with Gasteiger partial charge in [-0.25, -0.2) is 14.1 Å². The largest absolute Gasteiger partial charge is 0.435 e. The lowest BCUT2D eigenvalue weighted by Gasteiger charge is -2.30. The number of carbonyl (C=O) groups is 1. The van der Waals surface area contributed by atoms with Gasteiger partial charge in [-0.15, -0.1) is 5.10 Å². The Balaban J connectivity index is 1.60. The van der Waals surface area contributed by atoms with Crippen molar-refractivity contribution in [2.75, 3.05) is 5.32 Å². The molecule has 1 N–H and O–H groups in total. The molecule has 41 heavy (non-hydrogen) atoms. The molecule has 0 bridgehead atoms. The van der Waals surface area contributed by atoms with Crippen LogP contribution < -0.4 is 5.32 Å². The summed E-state index contributed by atoms with van der Waals surface area (Å²) in [7, 11) is 0. The molecular weight excluding hydrogens is 604 g/mol. The Hall–Kier alpha value is -3.89. The third kappa shape index (κ3) is 6.08. The predicted molar refractivity (Wildman–Crippen MR) is 122 cm³/mol. The zero-order valence-corrected chi connectivity index (χ0v) is 20.9. The number of alkyl halides is 9. The van der Waals surface area contributed by atoms with E-state index in [2.05, 4.69) is 25.4 Å². The van der Waals surface area contributed by atoms with Crippen LogP contribution in [0.25, 0.3) is 0 Å². The molecular formula is C23H14ClF10N5O2. The summed E-state index contributed by atoms with van der Waals surface area (Å²) in [5, 5.41) is 7.82. The molecule has 0 aliphatic carbocycles. The van der Waals surface area contributed by atoms with Crippen molar-refractivity contribution < 1.29 is 53.5 Å². The number of carbonyl (C=O) groups excluding carboxylic acids is 1. The second-order valence-electron chi connectivity index (χ2n) is 8.81. The summed E-state index contributed by atoms with van der Waals surface area (Å²) in [5.41, 5.74) is -7.21. The standard InChI is InChI=1S/C23H14ClF10N5O2/c1-10-4-11(2-3-13(10)18(40)36-19-35-9-39(37-19)8-21(26,27)28)16-7-20(41-38-16,23(32,33)34)14-5-12(22(29,30)31)6-15(24)17(14)25/h2-6,9H,7-8H2,1H3,(H,36,37,40)/t20-/m1/s1. The Bertz CT molecular complexity index is 1530. The Kier molecular flexibility index (Phi) is 7.47. The number of hydrogen-bond acceptors (Lipinski definition) is 5. The van der Waals surface area contributed by atoms with E-state index in [9.17, 15) is 48.7 Å². The van der Waals surface area contributed by atoms with Crippen LogP contribution in [0.1, 0.15) is 39.0 Å². The number of nitrogens with zero attached hydrogens (tertiary/aromatic N) is 4. The van der Waals surface area contributed by atoms with Gasteiger partial charge >= 0.3 is 18.5 Å². The Morgan fingerprint density at radius 2 is 1.78 bits per heavy atom. The van der Waals surface area contributed by atoms with Crippen LogP contribution >= 0.6 is 11.6 Å². The summed E-state index contributed by atoms with van der Waals surface area (Å²) in [4.78, 5) is 20.8. The molecule has 1 atom stereocenters. The molecule has 0 saturated heterocycles. The summed E-state index contributed by atoms with van der Waals surface area (Å²) < 4.78 is 135. The van der Waals surface area contributed by atoms with Crippen molar-refractivity contribution in [3.05, 3.63) is 75.3 Å². The Morgan fingerprint density at radius 1 is 1.10 bits per heavy atom. The molecule has 220 valence electrons. The molecule has 4 rings (SSSR count). The van der Waals surface area contributed by atoms with E-state index in [0.717, 1.165) is 18.5 Å². The maximum absolute atomic E-state index is 14.8. The third-order valence-corrected chi connectivity index (χ3v) is 6.16. The Labute approximate surface area is 227 Å². The number of anilines is 1. The van der Waals surface area contributed by atoms with E-state index < -0.39 is 76.6 Å². The van der Waals surface area contributed by atoms with Gasteiger partial charge in [-0.05, 0) is 42.3 Å². The lowest BCUT2D eigenvalue weighted by Crippen LogP contribution is -2.43. The number of aromatic nitrogens is 3. The quantitative estimate of drug-likeness (QED) is 0.320. The third-order valence-electron chi connectivity index (χ3n) is 5.88. The highest BCUT2D eigenvalue weighted by Crippen LogP contribution is 2.51. The van der Waals surface area contributed by atoms with Crippen LogP contribution in [0.5, 0.6) is 0 Å². The fourth-order valence-corrected chi connectivity index (χ4v) is 4.18. The van der Waals surface area contributed by atoms with Gasteiger partial charge in [0.2, 0.25) is 5.95 Å². The molecule has 2 aromatic carbocycles. The number of hydrogen-bond donors (Lipinski definition) is 1. The number of amides is 1. The van der Waals surface area contributed by atoms with Crippen molar-refractivity contribution in [2.45, 2.75) is 44.0 Å². The minimum atomic E-state index is -5.45. The number of nitrogens with one attached hydrogen (secondary N) is 1. The zero-order chi connectivity index (χ0) is 30.5. The first-order chi connectivity index (χ1) is 18.8. The molecule has 1 amide bonds. The summed E-state index contributed by atoms with van der Waals surface area (Å²) >= 11 is 5.49. The number of halogens is 11. The van der Waals surface area contributed by atoms with E-state index >= 15 is 0 Å². The maximum atomic E-state index is 14.8. The molecule has 3 aromatic rings. The summed E-state index contributed by atoms with van der Waals surface area (Å²) in [6.07, 6.45) is -15.7. The van der Waals surface area contributed by atoms with Gasteiger partial charge in [0.15, 0.2) is 0 Å². The molecule has 18 heteroatoms. The molecule has 0 saturated carbocycles. The predicted octanol–water partition coefficient (Wildman–Crippen LogP) is 6.79. The number of rotatable bonds is 5. The normalized spacial score (nSPS) is 17.8. The van der Waals surface area contributed by atoms with Gasteiger partial charge in [0.25, 0.3) is 11.5 Å². The fraction of sp³-hybridized carbons (Fsp3) is 0.304. The minimum absolute atomic E-state index is 0.0452. The van der Waals surface area contributed by atoms with Crippen molar-refractivity contribution in [2.24, 2.45) is 5.16 Å². The van der Waals surface area contributed by atoms with Gasteiger partial charge in [-0.1, -0.05) is 22.8 Å². The van der Waals surface area contributed by atoms with E-state index in [1.54, 1.807) is 0 Å². The van der Waals surface area contributed by atoms with Crippen molar-refractivity contribution in [1.82, 2.24) is 14.8 Å². The van der Waals surface area contributed by atoms with Crippen LogP contribution in [0, 0.1) is 12.7 Å². The van der Waals surface area contributed by atoms with Gasteiger partial charge in [0.05, 0.1) is 22.7 Å². The monoisotopic (exact) mass is 617 g/mol. The van der Waals surface area contributed by atoms with E-state index in [1.165, 1.54) is 13.0 Å². The van der Waals surface area contributed by atoms with E-state index in [0.29, 0.717) is 4.68 Å². The molecule has 0 unspecified atom stereocenters. The molecule has 7 nitrogen and oxygen atoms in total. The van der Waals surface area contributed by atoms with Crippen molar-refractivity contribution >= 4 is 29.2 Å². The first-order valence-corrected chi connectivity index (χ1v) is 11.5. The van der Waals surface area contributed by atoms with Crippen LogP contribution in [0.4, 0.5) is 49.9 Å². The van der Waals surface area contributed by atoms with Crippen LogP contribution in [0.2, 0.25) is 5.02 Å². The average molecular weight is 618 g/mol. The van der Waals surface area contributed by atoms with Crippen LogP contribution in [0.3, 0.4) is 0 Å². The average Bonchev–Trinajstić information content (AvgIpc) is 3.46. The SMILES string of the molecule is Cc1cc(C2=NO[C@](c3cc(C(F)(F)F)cc(Cl)c3F)(C(F)(F)F)C2)ccc1C(=O)Nc1ncn(CC(F)(F)F)n1. The van der Waals surface area contributed by atoms with E-state index in [-0.39, 0.29) is 28.8 Å². The molecule has 0 fully saturated rings. The fourth-order valence-electron chi connectivity index (χ4n) is 3.96. The minimum Gasteiger partial charge on any atom is -0.374 e. The van der Waals surface area contributed by atoms with Crippen molar-refractivity contribution in [1.29, 1.82) is 0 Å². The van der Waals surface area contributed by atoms with E-state index in [1.807, 2.05) is 0 Å². The highest BCUT2D eigenvalue weighted by Gasteiger charge is 2.64. The number of benzene rings is 2. The summed E-state index contributed by atoms with van der Waals surface area (Å²) in [6, 6.07) is 3.58. The van der Waals surface area contributed by atoms with Crippen molar-refractivity contribution in [3.63, 3.8) is 0 Å². The number of oxime groups is 1. The lowest BCUT2D eigenvalue weighted by molar-refractivity contribution is -0.276. The second-order valence-corrected chi connectivity index (χ2v) is 9.22. The first kappa shape index (κ1) is 30.1. The highest BCUT2D eigenvalue weighted by molar-refractivity contribution is 6.30. The highest BCUT2D eigenvalue weighted by atomic mass is 35.5. The first-order valence-electron chi connectivity index (χ1n) is 11.1. The molecule has 0 spiro atoms. The molecule has 2 heterocycles. The van der Waals surface area contributed by atoms with Gasteiger partial charge in [0.1, 0.15) is 18.7 Å². The Morgan fingerprint density at radius 3 is 2.37 bits per heavy atom. The molecule has 1 aromatic heterocycles. The smallest absolute Gasteiger partial charge is 0.374 e. The van der Waals surface area contributed by atoms with Crippen molar-refractivity contribution in [3.8, 4) is 0 Å². The number of aryl methyl sites for hydroxylation is 1. The summed E-state index contributed by atoms with van der Waals surface area (Å²) in [5.74, 6) is -3.09. The molecule has 1 aliphatic rings. The second kappa shape index (κ2) is 10.2. The zero-order valence-electron chi connectivity index (χ0n) is 20.1. The van der Waals surface area contributed by atoms with Gasteiger partial charge in [-0.3, -0.25) is 10.1 Å². The summed E-state index contributed by atoms with van der Waals surface area (Å²) in [6.45, 7) is -0.0858.